The highest BCUT2D eigenvalue weighted by Crippen LogP contribution is 2.22. The van der Waals surface area contributed by atoms with Gasteiger partial charge in [-0.1, -0.05) is 13.8 Å². The van der Waals surface area contributed by atoms with Gasteiger partial charge in [0, 0.05) is 19.0 Å². The van der Waals surface area contributed by atoms with E-state index in [9.17, 15) is 0 Å². The molecule has 1 unspecified atom stereocenters. The Kier molecular flexibility index (Phi) is 5.83. The topological polar surface area (TPSA) is 12.5 Å². The molecule has 1 heterocycles. The second-order valence-electron chi connectivity index (χ2n) is 4.39. The Bertz CT molecular complexity index is 152. The van der Waals surface area contributed by atoms with E-state index >= 15 is 0 Å². The normalized spacial score (nSPS) is 23.6. The Morgan fingerprint density at radius 1 is 1.43 bits per heavy atom. The maximum absolute atomic E-state index is 5.52. The van der Waals surface area contributed by atoms with E-state index in [2.05, 4.69) is 18.7 Å². The summed E-state index contributed by atoms with van der Waals surface area (Å²) in [6.45, 7) is 9.71. The van der Waals surface area contributed by atoms with Crippen molar-refractivity contribution in [1.29, 1.82) is 0 Å². The second kappa shape index (κ2) is 6.65. The van der Waals surface area contributed by atoms with Crippen LogP contribution in [0.5, 0.6) is 0 Å². The van der Waals surface area contributed by atoms with Gasteiger partial charge in [0.1, 0.15) is 0 Å². The number of hydrogen-bond acceptors (Lipinski definition) is 2. The van der Waals surface area contributed by atoms with Crippen molar-refractivity contribution in [2.75, 3.05) is 38.7 Å². The largest absolute Gasteiger partial charge is 0.379 e. The Labute approximate surface area is 92.6 Å². The van der Waals surface area contributed by atoms with Gasteiger partial charge in [0.05, 0.1) is 13.2 Å². The molecule has 3 heteroatoms. The summed E-state index contributed by atoms with van der Waals surface area (Å²) in [5.41, 5.74) is 0. The average molecular weight is 220 g/mol. The molecule has 0 amide bonds. The highest BCUT2D eigenvalue weighted by atomic mass is 35.5. The molecule has 0 aliphatic carbocycles. The van der Waals surface area contributed by atoms with E-state index in [1.165, 1.54) is 19.5 Å². The lowest BCUT2D eigenvalue weighted by Crippen LogP contribution is -2.26. The Morgan fingerprint density at radius 3 is 2.79 bits per heavy atom. The van der Waals surface area contributed by atoms with Crippen LogP contribution in [0.15, 0.2) is 0 Å². The fraction of sp³-hybridized carbons (Fsp3) is 1.00. The average Bonchev–Trinajstić information content (AvgIpc) is 2.61. The van der Waals surface area contributed by atoms with Gasteiger partial charge in [0.25, 0.3) is 0 Å². The number of likely N-dealkylation sites (tertiary alicyclic amines) is 1. The molecule has 0 bridgehead atoms. The van der Waals surface area contributed by atoms with E-state index in [0.717, 1.165) is 25.0 Å². The molecule has 1 aliphatic heterocycles. The zero-order chi connectivity index (χ0) is 10.4. The summed E-state index contributed by atoms with van der Waals surface area (Å²) in [6.07, 6.45) is 1.35. The van der Waals surface area contributed by atoms with Crippen LogP contribution in [-0.4, -0.2) is 43.6 Å². The summed E-state index contributed by atoms with van der Waals surface area (Å²) < 4.78 is 5.37. The quantitative estimate of drug-likeness (QED) is 0.502. The molecule has 1 rings (SSSR count). The molecule has 84 valence electrons. The molecule has 0 N–H and O–H groups in total. The lowest BCUT2D eigenvalue weighted by Gasteiger charge is -2.17. The Hall–Kier alpha value is 0.210. The standard InChI is InChI=1S/C11H22ClNO/c1-10(2)11-3-5-13(9-11)6-8-14-7-4-12/h10-11H,3-9H2,1-2H3. The molecular weight excluding hydrogens is 198 g/mol. The predicted molar refractivity (Wildman–Crippen MR) is 60.9 cm³/mol. The third kappa shape index (κ3) is 4.16. The zero-order valence-electron chi connectivity index (χ0n) is 9.34. The van der Waals surface area contributed by atoms with Crippen LogP contribution in [0.25, 0.3) is 0 Å². The van der Waals surface area contributed by atoms with Crippen LogP contribution in [0.3, 0.4) is 0 Å². The van der Waals surface area contributed by atoms with Crippen LogP contribution in [-0.2, 0) is 4.74 Å². The van der Waals surface area contributed by atoms with Crippen LogP contribution in [0, 0.1) is 11.8 Å². The number of nitrogens with zero attached hydrogens (tertiary/aromatic N) is 1. The first-order valence-corrected chi connectivity index (χ1v) is 6.13. The molecule has 0 radical (unpaired) electrons. The Balaban J connectivity index is 2.04. The monoisotopic (exact) mass is 219 g/mol. The van der Waals surface area contributed by atoms with Crippen LogP contribution in [0.2, 0.25) is 0 Å². The van der Waals surface area contributed by atoms with Crippen molar-refractivity contribution in [3.63, 3.8) is 0 Å². The molecule has 2 nitrogen and oxygen atoms in total. The van der Waals surface area contributed by atoms with E-state index in [4.69, 9.17) is 16.3 Å². The molecule has 0 aromatic rings. The van der Waals surface area contributed by atoms with Gasteiger partial charge in [-0.05, 0) is 24.8 Å². The maximum Gasteiger partial charge on any atom is 0.0602 e. The van der Waals surface area contributed by atoms with E-state index in [0.29, 0.717) is 12.5 Å². The van der Waals surface area contributed by atoms with Gasteiger partial charge >= 0.3 is 0 Å². The molecule has 1 saturated heterocycles. The number of ether oxygens (including phenoxy) is 1. The molecule has 14 heavy (non-hydrogen) atoms. The van der Waals surface area contributed by atoms with Gasteiger partial charge in [-0.25, -0.2) is 0 Å². The van der Waals surface area contributed by atoms with Crippen molar-refractivity contribution in [2.45, 2.75) is 20.3 Å². The second-order valence-corrected chi connectivity index (χ2v) is 4.77. The van der Waals surface area contributed by atoms with E-state index in [1.807, 2.05) is 0 Å². The van der Waals surface area contributed by atoms with Crippen molar-refractivity contribution < 1.29 is 4.74 Å². The van der Waals surface area contributed by atoms with E-state index < -0.39 is 0 Å². The highest BCUT2D eigenvalue weighted by molar-refractivity contribution is 6.17. The molecule has 0 spiro atoms. The third-order valence-electron chi connectivity index (χ3n) is 3.02. The predicted octanol–water partition coefficient (Wildman–Crippen LogP) is 2.22. The summed E-state index contributed by atoms with van der Waals surface area (Å²) >= 11 is 5.52. The van der Waals surface area contributed by atoms with Crippen molar-refractivity contribution in [1.82, 2.24) is 4.90 Å². The smallest absolute Gasteiger partial charge is 0.0602 e. The first-order valence-electron chi connectivity index (χ1n) is 5.60. The summed E-state index contributed by atoms with van der Waals surface area (Å²) in [4.78, 5) is 2.50. The van der Waals surface area contributed by atoms with Crippen LogP contribution in [0.1, 0.15) is 20.3 Å². The van der Waals surface area contributed by atoms with Gasteiger partial charge in [-0.3, -0.25) is 0 Å². The lowest BCUT2D eigenvalue weighted by atomic mass is 9.95. The maximum atomic E-state index is 5.52. The molecular formula is C11H22ClNO. The molecule has 0 aromatic heterocycles. The summed E-state index contributed by atoms with van der Waals surface area (Å²) in [6, 6.07) is 0. The summed E-state index contributed by atoms with van der Waals surface area (Å²) in [5, 5.41) is 0. The van der Waals surface area contributed by atoms with Crippen LogP contribution < -0.4 is 0 Å². The number of halogens is 1. The van der Waals surface area contributed by atoms with Gasteiger partial charge in [-0.2, -0.15) is 0 Å². The lowest BCUT2D eigenvalue weighted by molar-refractivity contribution is 0.121. The SMILES string of the molecule is CC(C)C1CCN(CCOCCCl)C1. The fourth-order valence-electron chi connectivity index (χ4n) is 1.96. The minimum atomic E-state index is 0.606. The van der Waals surface area contributed by atoms with E-state index in [1.54, 1.807) is 0 Å². The van der Waals surface area contributed by atoms with Crippen molar-refractivity contribution in [2.24, 2.45) is 11.8 Å². The highest BCUT2D eigenvalue weighted by Gasteiger charge is 2.23. The van der Waals surface area contributed by atoms with Crippen molar-refractivity contribution in [3.8, 4) is 0 Å². The summed E-state index contributed by atoms with van der Waals surface area (Å²) in [7, 11) is 0. The van der Waals surface area contributed by atoms with Gasteiger partial charge in [0.2, 0.25) is 0 Å². The molecule has 1 atom stereocenters. The van der Waals surface area contributed by atoms with Crippen LogP contribution >= 0.6 is 11.6 Å². The molecule has 0 aromatic carbocycles. The Morgan fingerprint density at radius 2 is 2.21 bits per heavy atom. The van der Waals surface area contributed by atoms with Gasteiger partial charge in [0.15, 0.2) is 0 Å². The zero-order valence-corrected chi connectivity index (χ0v) is 10.1. The fourth-order valence-corrected chi connectivity index (χ4v) is 2.07. The van der Waals surface area contributed by atoms with Crippen molar-refractivity contribution >= 4 is 11.6 Å². The number of rotatable bonds is 6. The minimum Gasteiger partial charge on any atom is -0.379 e. The molecule has 0 saturated carbocycles. The first kappa shape index (κ1) is 12.3. The van der Waals surface area contributed by atoms with Crippen molar-refractivity contribution in [3.05, 3.63) is 0 Å². The van der Waals surface area contributed by atoms with Gasteiger partial charge < -0.3 is 9.64 Å². The number of alkyl halides is 1. The van der Waals surface area contributed by atoms with Gasteiger partial charge in [-0.15, -0.1) is 11.6 Å². The molecule has 1 fully saturated rings. The molecule has 1 aliphatic rings. The first-order chi connectivity index (χ1) is 6.74. The van der Waals surface area contributed by atoms with Crippen LogP contribution in [0.4, 0.5) is 0 Å². The number of hydrogen-bond donors (Lipinski definition) is 0. The minimum absolute atomic E-state index is 0.606. The summed E-state index contributed by atoms with van der Waals surface area (Å²) in [5.74, 6) is 2.32. The van der Waals surface area contributed by atoms with E-state index in [-0.39, 0.29) is 0 Å². The third-order valence-corrected chi connectivity index (χ3v) is 3.18.